The van der Waals surface area contributed by atoms with E-state index in [1.807, 2.05) is 24.3 Å². The lowest BCUT2D eigenvalue weighted by Gasteiger charge is -2.26. The zero-order valence-electron chi connectivity index (χ0n) is 18.1. The van der Waals surface area contributed by atoms with Crippen molar-refractivity contribution in [3.63, 3.8) is 0 Å². The topological polar surface area (TPSA) is 68.2 Å². The maximum absolute atomic E-state index is 13.2. The van der Waals surface area contributed by atoms with Crippen LogP contribution in [0, 0.1) is 9.39 Å². The smallest absolute Gasteiger partial charge is 0.190 e. The van der Waals surface area contributed by atoms with Gasteiger partial charge in [0.25, 0.3) is 0 Å². The van der Waals surface area contributed by atoms with Crippen molar-refractivity contribution in [3.05, 3.63) is 80.0 Å². The maximum atomic E-state index is 13.2. The van der Waals surface area contributed by atoms with E-state index in [-0.39, 0.29) is 5.82 Å². The number of aliphatic hydroxyl groups excluding tert-OH is 2. The summed E-state index contributed by atoms with van der Waals surface area (Å²) in [5.41, 5.74) is 2.72. The van der Waals surface area contributed by atoms with Crippen molar-refractivity contribution in [1.29, 1.82) is 0 Å². The molecule has 0 radical (unpaired) electrons. The molecule has 2 aliphatic rings. The van der Waals surface area contributed by atoms with Crippen LogP contribution in [0.4, 0.5) is 4.39 Å². The Hall–Kier alpha value is -1.40. The molecule has 3 heterocycles. The van der Waals surface area contributed by atoms with Gasteiger partial charge >= 0.3 is 0 Å². The summed E-state index contributed by atoms with van der Waals surface area (Å²) in [5, 5.41) is 21.7. The third kappa shape index (κ3) is 4.75. The van der Waals surface area contributed by atoms with E-state index in [0.717, 1.165) is 24.5 Å². The van der Waals surface area contributed by atoms with Crippen molar-refractivity contribution in [1.82, 2.24) is 0 Å². The molecule has 8 heteroatoms. The Bertz CT molecular complexity index is 1150. The molecule has 3 aromatic rings. The van der Waals surface area contributed by atoms with E-state index in [2.05, 4.69) is 28.7 Å². The second kappa shape index (κ2) is 8.99. The van der Waals surface area contributed by atoms with Crippen molar-refractivity contribution in [2.45, 2.75) is 56.8 Å². The summed E-state index contributed by atoms with van der Waals surface area (Å²) in [5.74, 6) is -1.07. The lowest BCUT2D eigenvalue weighted by atomic mass is 9.97. The molecule has 0 bridgehead atoms. The molecular formula is C25H24FIO5S. The highest BCUT2D eigenvalue weighted by atomic mass is 127. The average Bonchev–Trinajstić information content (AvgIpc) is 3.44. The molecule has 0 aliphatic carbocycles. The van der Waals surface area contributed by atoms with Crippen LogP contribution in [-0.4, -0.2) is 40.6 Å². The van der Waals surface area contributed by atoms with Crippen LogP contribution >= 0.6 is 33.9 Å². The van der Waals surface area contributed by atoms with Crippen LogP contribution in [0.2, 0.25) is 0 Å². The Morgan fingerprint density at radius 1 is 1.09 bits per heavy atom. The first-order chi connectivity index (χ1) is 15.7. The molecule has 0 spiro atoms. The average molecular weight is 582 g/mol. The van der Waals surface area contributed by atoms with Gasteiger partial charge in [0, 0.05) is 19.7 Å². The van der Waals surface area contributed by atoms with Crippen molar-refractivity contribution >= 4 is 33.9 Å². The fourth-order valence-electron chi connectivity index (χ4n) is 4.31. The van der Waals surface area contributed by atoms with Gasteiger partial charge in [-0.3, -0.25) is 0 Å². The van der Waals surface area contributed by atoms with Gasteiger partial charge in [0.2, 0.25) is 0 Å². The third-order valence-electron chi connectivity index (χ3n) is 5.93. The number of fused-ring (bicyclic) bond motifs is 1. The summed E-state index contributed by atoms with van der Waals surface area (Å²) >= 11 is 3.95. The Kier molecular flexibility index (Phi) is 6.36. The number of halogens is 2. The number of benzene rings is 2. The van der Waals surface area contributed by atoms with Crippen molar-refractivity contribution < 1.29 is 28.8 Å². The van der Waals surface area contributed by atoms with Gasteiger partial charge in [-0.1, -0.05) is 24.3 Å². The standard InChI is InChI=1S/C25H24FIO5S/c1-25(2)31-23-21(29)22(30-24(23)32-25)20(28)14-5-9-18(27)15(11-14)12-17-8-10-19(33-17)13-3-6-16(26)7-4-13/h3-11,20-24,28-29H,12H2,1-2H3/t20?,21-,22+,23+,24+/m1/s1. The molecule has 5 nitrogen and oxygen atoms in total. The molecule has 33 heavy (non-hydrogen) atoms. The van der Waals surface area contributed by atoms with E-state index in [1.165, 1.54) is 12.1 Å². The molecule has 0 saturated carbocycles. The van der Waals surface area contributed by atoms with Gasteiger partial charge in [-0.2, -0.15) is 0 Å². The second-order valence-corrected chi connectivity index (χ2v) is 11.1. The Morgan fingerprint density at radius 3 is 2.58 bits per heavy atom. The van der Waals surface area contributed by atoms with Crippen LogP contribution in [0.15, 0.2) is 54.6 Å². The third-order valence-corrected chi connectivity index (χ3v) is 8.12. The highest BCUT2D eigenvalue weighted by Gasteiger charge is 2.56. The fourth-order valence-corrected chi connectivity index (χ4v) is 5.87. The highest BCUT2D eigenvalue weighted by Crippen LogP contribution is 2.41. The monoisotopic (exact) mass is 582 g/mol. The molecule has 2 aliphatic heterocycles. The molecule has 1 unspecified atom stereocenters. The van der Waals surface area contributed by atoms with Gasteiger partial charge in [0.15, 0.2) is 12.1 Å². The van der Waals surface area contributed by atoms with E-state index < -0.39 is 36.5 Å². The van der Waals surface area contributed by atoms with E-state index in [1.54, 1.807) is 37.3 Å². The summed E-state index contributed by atoms with van der Waals surface area (Å²) in [6, 6.07) is 16.4. The van der Waals surface area contributed by atoms with Crippen LogP contribution < -0.4 is 0 Å². The minimum absolute atomic E-state index is 0.248. The summed E-state index contributed by atoms with van der Waals surface area (Å²) in [4.78, 5) is 2.24. The predicted molar refractivity (Wildman–Crippen MR) is 131 cm³/mol. The molecule has 2 fully saturated rings. The minimum Gasteiger partial charge on any atom is -0.387 e. The Balaban J connectivity index is 1.32. The van der Waals surface area contributed by atoms with Crippen LogP contribution in [0.5, 0.6) is 0 Å². The molecule has 0 amide bonds. The van der Waals surface area contributed by atoms with E-state index in [4.69, 9.17) is 14.2 Å². The summed E-state index contributed by atoms with van der Waals surface area (Å²) in [6.45, 7) is 3.54. The van der Waals surface area contributed by atoms with Gasteiger partial charge in [0.05, 0.1) is 0 Å². The summed E-state index contributed by atoms with van der Waals surface area (Å²) in [6.07, 6.45) is -3.48. The number of rotatable bonds is 5. The molecule has 5 rings (SSSR count). The largest absolute Gasteiger partial charge is 0.387 e. The Morgan fingerprint density at radius 2 is 1.85 bits per heavy atom. The minimum atomic E-state index is -1.02. The number of thiophene rings is 1. The first-order valence-electron chi connectivity index (χ1n) is 10.7. The molecule has 2 aromatic carbocycles. The van der Waals surface area contributed by atoms with E-state index >= 15 is 0 Å². The molecule has 2 N–H and O–H groups in total. The van der Waals surface area contributed by atoms with Crippen LogP contribution in [0.1, 0.15) is 36.0 Å². The molecule has 2 saturated heterocycles. The number of aliphatic hydroxyl groups is 2. The van der Waals surface area contributed by atoms with E-state index in [0.29, 0.717) is 12.0 Å². The SMILES string of the molecule is CC1(C)O[C@@H]2O[C@@H](C(O)c3ccc(I)c(Cc4ccc(-c5ccc(F)cc5)s4)c3)[C@@H](O)[C@@H]2O1. The zero-order valence-corrected chi connectivity index (χ0v) is 21.0. The maximum Gasteiger partial charge on any atom is 0.190 e. The van der Waals surface area contributed by atoms with E-state index in [9.17, 15) is 14.6 Å². The number of hydrogen-bond donors (Lipinski definition) is 2. The molecule has 174 valence electrons. The van der Waals surface area contributed by atoms with Crippen molar-refractivity contribution in [3.8, 4) is 10.4 Å². The van der Waals surface area contributed by atoms with Gasteiger partial charge in [-0.25, -0.2) is 4.39 Å². The quantitative estimate of drug-likeness (QED) is 0.414. The van der Waals surface area contributed by atoms with Crippen LogP contribution in [0.25, 0.3) is 10.4 Å². The Labute approximate surface area is 209 Å². The highest BCUT2D eigenvalue weighted by molar-refractivity contribution is 14.1. The number of hydrogen-bond acceptors (Lipinski definition) is 6. The van der Waals surface area contributed by atoms with Crippen molar-refractivity contribution in [2.75, 3.05) is 0 Å². The van der Waals surface area contributed by atoms with Gasteiger partial charge < -0.3 is 24.4 Å². The summed E-state index contributed by atoms with van der Waals surface area (Å²) < 4.78 is 31.6. The molecule has 5 atom stereocenters. The van der Waals surface area contributed by atoms with Gasteiger partial charge in [-0.15, -0.1) is 11.3 Å². The first-order valence-corrected chi connectivity index (χ1v) is 12.6. The normalized spacial score (nSPS) is 27.0. The lowest BCUT2D eigenvalue weighted by Crippen LogP contribution is -2.37. The van der Waals surface area contributed by atoms with Crippen LogP contribution in [0.3, 0.4) is 0 Å². The number of ether oxygens (including phenoxy) is 3. The lowest BCUT2D eigenvalue weighted by molar-refractivity contribution is -0.226. The fraction of sp³-hybridized carbons (Fsp3) is 0.360. The predicted octanol–water partition coefficient (Wildman–Crippen LogP) is 5.02. The van der Waals surface area contributed by atoms with Gasteiger partial charge in [-0.05, 0) is 83.5 Å². The zero-order chi connectivity index (χ0) is 23.3. The first kappa shape index (κ1) is 23.3. The molecular weight excluding hydrogens is 558 g/mol. The molecule has 1 aromatic heterocycles. The van der Waals surface area contributed by atoms with Crippen molar-refractivity contribution in [2.24, 2.45) is 0 Å². The second-order valence-electron chi connectivity index (χ2n) is 8.81. The summed E-state index contributed by atoms with van der Waals surface area (Å²) in [7, 11) is 0. The van der Waals surface area contributed by atoms with Crippen LogP contribution in [-0.2, 0) is 20.6 Å². The van der Waals surface area contributed by atoms with Gasteiger partial charge in [0.1, 0.15) is 30.2 Å².